The average Bonchev–Trinajstić information content (AvgIpc) is 3.33. The summed E-state index contributed by atoms with van der Waals surface area (Å²) in [6, 6.07) is 26.4. The van der Waals surface area contributed by atoms with E-state index in [4.69, 9.17) is 25.9 Å². The number of benzene rings is 3. The van der Waals surface area contributed by atoms with Gasteiger partial charge in [0.15, 0.2) is 6.10 Å². The maximum atomic E-state index is 12.9. The van der Waals surface area contributed by atoms with Gasteiger partial charge in [-0.2, -0.15) is 0 Å². The predicted octanol–water partition coefficient (Wildman–Crippen LogP) is 3.07. The summed E-state index contributed by atoms with van der Waals surface area (Å²) in [6.07, 6.45) is -0.700. The standard InChI is InChI=1S/C28H32N4O4/c1-32-17-16-23(18-32)31-27(29)22-12-14-24(15-13-22)34-19-25(36-30)28(33)35-26(20-8-4-2-5-9-20)21-10-6-3-7-11-21/h2-15,23,25-26H,16-19,30H2,1H3,(H2,29,31)/t23-,25-/m0/s1. The molecule has 1 aliphatic rings. The van der Waals surface area contributed by atoms with E-state index in [1.165, 1.54) is 0 Å². The Kier molecular flexibility index (Phi) is 8.67. The second kappa shape index (κ2) is 12.3. The van der Waals surface area contributed by atoms with Gasteiger partial charge in [-0.1, -0.05) is 60.7 Å². The summed E-state index contributed by atoms with van der Waals surface area (Å²) in [4.78, 5) is 24.7. The van der Waals surface area contributed by atoms with Crippen molar-refractivity contribution < 1.29 is 19.1 Å². The Balaban J connectivity index is 1.37. The molecule has 1 aliphatic heterocycles. The minimum absolute atomic E-state index is 0.108. The molecule has 8 heteroatoms. The van der Waals surface area contributed by atoms with Crippen molar-refractivity contribution in [2.45, 2.75) is 24.7 Å². The average molecular weight is 489 g/mol. The monoisotopic (exact) mass is 488 g/mol. The topological polar surface area (TPSA) is 112 Å². The molecule has 8 nitrogen and oxygen atoms in total. The number of esters is 1. The van der Waals surface area contributed by atoms with Crippen LogP contribution >= 0.6 is 0 Å². The Morgan fingerprint density at radius 1 is 1.00 bits per heavy atom. The summed E-state index contributed by atoms with van der Waals surface area (Å²) in [5.41, 5.74) is 8.69. The van der Waals surface area contributed by atoms with Gasteiger partial charge in [0, 0.05) is 12.1 Å². The number of likely N-dealkylation sites (N-methyl/N-ethyl adjacent to an activating group) is 1. The van der Waals surface area contributed by atoms with Crippen molar-refractivity contribution >= 4 is 11.8 Å². The van der Waals surface area contributed by atoms with Crippen LogP contribution in [0.2, 0.25) is 0 Å². The Morgan fingerprint density at radius 2 is 1.61 bits per heavy atom. The highest BCUT2D eigenvalue weighted by Gasteiger charge is 2.27. The molecule has 0 aromatic heterocycles. The molecule has 1 saturated heterocycles. The minimum Gasteiger partial charge on any atom is -0.490 e. The molecule has 2 atom stereocenters. The van der Waals surface area contributed by atoms with Crippen LogP contribution in [0.1, 0.15) is 29.2 Å². The van der Waals surface area contributed by atoms with Crippen LogP contribution in [0.25, 0.3) is 0 Å². The van der Waals surface area contributed by atoms with Gasteiger partial charge in [0.05, 0.1) is 6.04 Å². The van der Waals surface area contributed by atoms with Crippen molar-refractivity contribution in [3.8, 4) is 5.75 Å². The van der Waals surface area contributed by atoms with E-state index >= 15 is 0 Å². The number of nitrogens with two attached hydrogens (primary N) is 2. The third-order valence-corrected chi connectivity index (χ3v) is 6.11. The third kappa shape index (κ3) is 6.69. The first kappa shape index (κ1) is 25.4. The van der Waals surface area contributed by atoms with E-state index in [1.807, 2.05) is 72.8 Å². The lowest BCUT2D eigenvalue weighted by molar-refractivity contribution is -0.163. The van der Waals surface area contributed by atoms with Gasteiger partial charge in [-0.15, -0.1) is 0 Å². The van der Waals surface area contributed by atoms with Crippen LogP contribution in [-0.4, -0.2) is 55.6 Å². The van der Waals surface area contributed by atoms with Crippen LogP contribution in [0.3, 0.4) is 0 Å². The van der Waals surface area contributed by atoms with Crippen LogP contribution in [0, 0.1) is 0 Å². The maximum absolute atomic E-state index is 12.9. The largest absolute Gasteiger partial charge is 0.490 e. The Bertz CT molecular complexity index is 1100. The minimum atomic E-state index is -1.11. The molecule has 4 rings (SSSR count). The number of aliphatic imine (C=N–C) groups is 1. The number of carbonyl (C=O) groups is 1. The van der Waals surface area contributed by atoms with Crippen LogP contribution < -0.4 is 16.4 Å². The van der Waals surface area contributed by atoms with Crippen LogP contribution in [0.15, 0.2) is 89.9 Å². The van der Waals surface area contributed by atoms with Gasteiger partial charge < -0.3 is 20.1 Å². The first-order chi connectivity index (χ1) is 17.5. The molecule has 0 unspecified atom stereocenters. The highest BCUT2D eigenvalue weighted by atomic mass is 16.7. The smallest absolute Gasteiger partial charge is 0.341 e. The van der Waals surface area contributed by atoms with Crippen LogP contribution in [0.4, 0.5) is 0 Å². The number of likely N-dealkylation sites (tertiary alicyclic amines) is 1. The van der Waals surface area contributed by atoms with Gasteiger partial charge in [-0.3, -0.25) is 9.83 Å². The third-order valence-electron chi connectivity index (χ3n) is 6.11. The summed E-state index contributed by atoms with van der Waals surface area (Å²) in [5, 5.41) is 0. The molecule has 0 amide bonds. The highest BCUT2D eigenvalue weighted by molar-refractivity contribution is 5.97. The number of hydrogen-bond donors (Lipinski definition) is 2. The van der Waals surface area contributed by atoms with Crippen molar-refractivity contribution in [3.63, 3.8) is 0 Å². The molecule has 1 heterocycles. The number of hydrogen-bond acceptors (Lipinski definition) is 7. The first-order valence-electron chi connectivity index (χ1n) is 11.9. The number of amidine groups is 1. The van der Waals surface area contributed by atoms with E-state index in [9.17, 15) is 4.79 Å². The zero-order chi connectivity index (χ0) is 25.3. The van der Waals surface area contributed by atoms with E-state index in [-0.39, 0.29) is 12.6 Å². The first-order valence-corrected chi connectivity index (χ1v) is 11.9. The van der Waals surface area contributed by atoms with Gasteiger partial charge >= 0.3 is 5.97 Å². The summed E-state index contributed by atoms with van der Waals surface area (Å²) in [7, 11) is 2.08. The Hall–Kier alpha value is -3.72. The van der Waals surface area contributed by atoms with Gasteiger partial charge in [0.1, 0.15) is 18.2 Å². The van der Waals surface area contributed by atoms with Gasteiger partial charge in [-0.05, 0) is 55.4 Å². The molecule has 0 saturated carbocycles. The molecule has 3 aromatic carbocycles. The molecule has 0 spiro atoms. The quantitative estimate of drug-likeness (QED) is 0.195. The number of nitrogens with zero attached hydrogens (tertiary/aromatic N) is 2. The summed E-state index contributed by atoms with van der Waals surface area (Å²) >= 11 is 0. The van der Waals surface area contributed by atoms with Crippen molar-refractivity contribution in [1.82, 2.24) is 4.90 Å². The molecule has 0 bridgehead atoms. The van der Waals surface area contributed by atoms with Crippen LogP contribution in [0.5, 0.6) is 5.75 Å². The van der Waals surface area contributed by atoms with Gasteiger partial charge in [-0.25, -0.2) is 10.7 Å². The van der Waals surface area contributed by atoms with E-state index in [0.29, 0.717) is 11.6 Å². The number of carbonyl (C=O) groups excluding carboxylic acids is 1. The predicted molar refractivity (Wildman–Crippen MR) is 138 cm³/mol. The second-order valence-electron chi connectivity index (χ2n) is 8.82. The maximum Gasteiger partial charge on any atom is 0.341 e. The van der Waals surface area contributed by atoms with Crippen LogP contribution in [-0.2, 0) is 14.4 Å². The fraction of sp³-hybridized carbons (Fsp3) is 0.286. The van der Waals surface area contributed by atoms with E-state index < -0.39 is 18.2 Å². The Morgan fingerprint density at radius 3 is 2.14 bits per heavy atom. The molecule has 36 heavy (non-hydrogen) atoms. The van der Waals surface area contributed by atoms with Crippen molar-refractivity contribution in [2.24, 2.45) is 16.6 Å². The van der Waals surface area contributed by atoms with Crippen molar-refractivity contribution in [1.29, 1.82) is 0 Å². The zero-order valence-corrected chi connectivity index (χ0v) is 20.3. The van der Waals surface area contributed by atoms with Crippen molar-refractivity contribution in [3.05, 3.63) is 102 Å². The lowest BCUT2D eigenvalue weighted by atomic mass is 10.0. The molecule has 0 radical (unpaired) electrons. The SMILES string of the molecule is CN1CC[C@H](N=C(N)c2ccc(OC[C@H](ON)C(=O)OC(c3ccccc3)c3ccccc3)cc2)C1. The van der Waals surface area contributed by atoms with Gasteiger partial charge in [0.25, 0.3) is 0 Å². The molecule has 3 aromatic rings. The van der Waals surface area contributed by atoms with E-state index in [2.05, 4.69) is 16.9 Å². The summed E-state index contributed by atoms with van der Waals surface area (Å²) in [5.74, 6) is 5.85. The van der Waals surface area contributed by atoms with E-state index in [0.717, 1.165) is 36.2 Å². The lowest BCUT2D eigenvalue weighted by Gasteiger charge is -2.22. The zero-order valence-electron chi connectivity index (χ0n) is 20.3. The van der Waals surface area contributed by atoms with Gasteiger partial charge in [0.2, 0.25) is 6.10 Å². The molecular formula is C28H32N4O4. The fourth-order valence-electron chi connectivity index (χ4n) is 4.12. The molecule has 0 aliphatic carbocycles. The van der Waals surface area contributed by atoms with Crippen molar-refractivity contribution in [2.75, 3.05) is 26.7 Å². The lowest BCUT2D eigenvalue weighted by Crippen LogP contribution is -2.35. The molecule has 188 valence electrons. The summed E-state index contributed by atoms with van der Waals surface area (Å²) < 4.78 is 11.6. The normalized spacial score (nSPS) is 17.2. The summed E-state index contributed by atoms with van der Waals surface area (Å²) in [6.45, 7) is 1.83. The number of rotatable bonds is 10. The molecule has 1 fully saturated rings. The molecule has 4 N–H and O–H groups in total. The Labute approximate surface area is 211 Å². The fourth-order valence-corrected chi connectivity index (χ4v) is 4.12. The molecular weight excluding hydrogens is 456 g/mol. The second-order valence-corrected chi connectivity index (χ2v) is 8.82. The number of ether oxygens (including phenoxy) is 2. The highest BCUT2D eigenvalue weighted by Crippen LogP contribution is 2.26. The van der Waals surface area contributed by atoms with E-state index in [1.54, 1.807) is 12.1 Å².